The summed E-state index contributed by atoms with van der Waals surface area (Å²) in [6.45, 7) is -0.871. The third kappa shape index (κ3) is 4.18. The number of rotatable bonds is 5. The van der Waals surface area contributed by atoms with E-state index in [1.165, 1.54) is 7.05 Å². The first kappa shape index (κ1) is 16.9. The summed E-state index contributed by atoms with van der Waals surface area (Å²) in [6.07, 6.45) is -4.38. The molecule has 0 radical (unpaired) electrons. The molecular weight excluding hydrogens is 301 g/mol. The van der Waals surface area contributed by atoms with Gasteiger partial charge in [0.2, 0.25) is 0 Å². The second-order valence-electron chi connectivity index (χ2n) is 4.31. The van der Waals surface area contributed by atoms with Gasteiger partial charge >= 0.3 is 12.1 Å². The van der Waals surface area contributed by atoms with Crippen LogP contribution >= 0.6 is 0 Å². The predicted octanol–water partition coefficient (Wildman–Crippen LogP) is 0.832. The van der Waals surface area contributed by atoms with E-state index in [9.17, 15) is 26.4 Å². The lowest BCUT2D eigenvalue weighted by molar-refractivity contribution is -0.137. The highest BCUT2D eigenvalue weighted by Crippen LogP contribution is 2.30. The molecule has 0 bridgehead atoms. The molecule has 10 heteroatoms. The second kappa shape index (κ2) is 6.10. The van der Waals surface area contributed by atoms with Gasteiger partial charge in [0.05, 0.1) is 6.42 Å². The van der Waals surface area contributed by atoms with Crippen LogP contribution in [0.4, 0.5) is 13.2 Å². The summed E-state index contributed by atoms with van der Waals surface area (Å²) in [5, 5.41) is 8.49. The summed E-state index contributed by atoms with van der Waals surface area (Å²) in [5.41, 5.74) is -0.739. The first-order chi connectivity index (χ1) is 9.05. The van der Waals surface area contributed by atoms with E-state index < -0.39 is 34.3 Å². The van der Waals surface area contributed by atoms with E-state index in [0.29, 0.717) is 0 Å². The molecule has 1 N–H and O–H groups in total. The molecule has 0 aromatic carbocycles. The minimum Gasteiger partial charge on any atom is -0.481 e. The molecule has 1 heterocycles. The van der Waals surface area contributed by atoms with Crippen molar-refractivity contribution in [2.45, 2.75) is 19.0 Å². The molecule has 1 rings (SSSR count). The van der Waals surface area contributed by atoms with E-state index in [0.717, 1.165) is 14.7 Å². The highest BCUT2D eigenvalue weighted by Gasteiger charge is 2.37. The number of halogens is 3. The van der Waals surface area contributed by atoms with E-state index in [1.807, 2.05) is 0 Å². The van der Waals surface area contributed by atoms with Gasteiger partial charge in [-0.1, -0.05) is 6.08 Å². The lowest BCUT2D eigenvalue weighted by atomic mass is 10.1. The van der Waals surface area contributed by atoms with Gasteiger partial charge < -0.3 is 5.11 Å². The molecule has 116 valence electrons. The Balaban J connectivity index is 2.72. The normalized spacial score (nSPS) is 18.1. The highest BCUT2D eigenvalue weighted by atomic mass is 32.2. The summed E-state index contributed by atoms with van der Waals surface area (Å²) in [5.74, 6) is -1.15. The minimum atomic E-state index is -4.44. The Labute approximate surface area is 114 Å². The molecule has 0 aromatic heterocycles. The maximum Gasteiger partial charge on any atom is 0.412 e. The molecule has 1 aliphatic rings. The van der Waals surface area contributed by atoms with Crippen LogP contribution in [0.3, 0.4) is 0 Å². The van der Waals surface area contributed by atoms with E-state index >= 15 is 0 Å². The van der Waals surface area contributed by atoms with Crippen molar-refractivity contribution in [3.05, 3.63) is 11.6 Å². The topological polar surface area (TPSA) is 77.9 Å². The number of hydrogen-bond acceptors (Lipinski definition) is 3. The lowest BCUT2D eigenvalue weighted by Gasteiger charge is -2.30. The van der Waals surface area contributed by atoms with Crippen molar-refractivity contribution < 1.29 is 31.5 Å². The van der Waals surface area contributed by atoms with Gasteiger partial charge in [0.15, 0.2) is 0 Å². The fraction of sp³-hybridized carbons (Fsp3) is 0.700. The predicted molar refractivity (Wildman–Crippen MR) is 64.1 cm³/mol. The van der Waals surface area contributed by atoms with Crippen LogP contribution in [-0.4, -0.2) is 61.0 Å². The van der Waals surface area contributed by atoms with E-state index in [-0.39, 0.29) is 26.1 Å². The average Bonchev–Trinajstić information content (AvgIpc) is 2.34. The quantitative estimate of drug-likeness (QED) is 0.762. The number of hydrogen-bond donors (Lipinski definition) is 1. The first-order valence-corrected chi connectivity index (χ1v) is 7.14. The third-order valence-electron chi connectivity index (χ3n) is 2.90. The molecule has 0 saturated heterocycles. The van der Waals surface area contributed by atoms with Crippen molar-refractivity contribution in [1.82, 2.24) is 8.61 Å². The Kier molecular flexibility index (Phi) is 5.16. The van der Waals surface area contributed by atoms with Gasteiger partial charge in [-0.05, 0) is 6.42 Å². The van der Waals surface area contributed by atoms with Crippen LogP contribution in [0.1, 0.15) is 12.8 Å². The summed E-state index contributed by atoms with van der Waals surface area (Å²) in [4.78, 5) is 10.4. The van der Waals surface area contributed by atoms with Crippen molar-refractivity contribution in [2.24, 2.45) is 0 Å². The Bertz CT molecular complexity index is 501. The first-order valence-electron chi connectivity index (χ1n) is 5.74. The van der Waals surface area contributed by atoms with Crippen LogP contribution in [-0.2, 0) is 15.0 Å². The van der Waals surface area contributed by atoms with Crippen molar-refractivity contribution >= 4 is 16.2 Å². The summed E-state index contributed by atoms with van der Waals surface area (Å²) < 4.78 is 63.0. The van der Waals surface area contributed by atoms with Crippen LogP contribution in [0, 0.1) is 0 Å². The van der Waals surface area contributed by atoms with Gasteiger partial charge in [-0.25, -0.2) is 0 Å². The Morgan fingerprint density at radius 2 is 2.10 bits per heavy atom. The van der Waals surface area contributed by atoms with Crippen molar-refractivity contribution in [3.8, 4) is 0 Å². The van der Waals surface area contributed by atoms with Crippen molar-refractivity contribution in [1.29, 1.82) is 0 Å². The minimum absolute atomic E-state index is 0.232. The Hall–Kier alpha value is -1.13. The molecule has 0 atom stereocenters. The maximum atomic E-state index is 12.4. The van der Waals surface area contributed by atoms with Crippen molar-refractivity contribution in [2.75, 3.05) is 26.7 Å². The number of carboxylic acids is 1. The molecule has 0 saturated carbocycles. The number of alkyl halides is 3. The molecule has 20 heavy (non-hydrogen) atoms. The Morgan fingerprint density at radius 1 is 1.50 bits per heavy atom. The molecular formula is C10H15F3N2O4S. The Morgan fingerprint density at radius 3 is 2.50 bits per heavy atom. The van der Waals surface area contributed by atoms with Gasteiger partial charge in [0.1, 0.15) is 0 Å². The molecule has 0 spiro atoms. The molecule has 6 nitrogen and oxygen atoms in total. The van der Waals surface area contributed by atoms with E-state index in [1.54, 1.807) is 0 Å². The monoisotopic (exact) mass is 316 g/mol. The zero-order chi connectivity index (χ0) is 15.6. The van der Waals surface area contributed by atoms with Gasteiger partial charge in [0.25, 0.3) is 10.2 Å². The van der Waals surface area contributed by atoms with Gasteiger partial charge in [-0.3, -0.25) is 4.79 Å². The number of nitrogens with zero attached hydrogens (tertiary/aromatic N) is 2. The average molecular weight is 316 g/mol. The SMILES string of the molecule is CN(CCC(=O)O)S(=O)(=O)N1CC=C(C(F)(F)F)CC1. The standard InChI is InChI=1S/C10H15F3N2O4S/c1-14(5-4-9(16)17)20(18,19)15-6-2-8(3-7-15)10(11,12)13/h2H,3-7H2,1H3,(H,16,17). The number of carbonyl (C=O) groups is 1. The van der Waals surface area contributed by atoms with Crippen LogP contribution in [0.5, 0.6) is 0 Å². The number of carboxylic acid groups (broad SMARTS) is 1. The zero-order valence-corrected chi connectivity index (χ0v) is 11.5. The smallest absolute Gasteiger partial charge is 0.412 e. The molecule has 0 aliphatic carbocycles. The van der Waals surface area contributed by atoms with Gasteiger partial charge in [0, 0.05) is 32.3 Å². The van der Waals surface area contributed by atoms with Crippen LogP contribution in [0.2, 0.25) is 0 Å². The fourth-order valence-electron chi connectivity index (χ4n) is 1.68. The lowest BCUT2D eigenvalue weighted by Crippen LogP contribution is -2.45. The number of aliphatic carboxylic acids is 1. The summed E-state index contributed by atoms with van der Waals surface area (Å²) >= 11 is 0. The maximum absolute atomic E-state index is 12.4. The van der Waals surface area contributed by atoms with E-state index in [2.05, 4.69) is 0 Å². The van der Waals surface area contributed by atoms with Crippen LogP contribution in [0.25, 0.3) is 0 Å². The fourth-order valence-corrected chi connectivity index (χ4v) is 2.98. The summed E-state index contributed by atoms with van der Waals surface area (Å²) in [7, 11) is -2.74. The largest absolute Gasteiger partial charge is 0.481 e. The molecule has 0 unspecified atom stereocenters. The molecule has 0 fully saturated rings. The van der Waals surface area contributed by atoms with Crippen molar-refractivity contribution in [3.63, 3.8) is 0 Å². The summed E-state index contributed by atoms with van der Waals surface area (Å²) in [6, 6.07) is 0. The molecule has 0 amide bonds. The van der Waals surface area contributed by atoms with Crippen LogP contribution < -0.4 is 0 Å². The highest BCUT2D eigenvalue weighted by molar-refractivity contribution is 7.86. The third-order valence-corrected chi connectivity index (χ3v) is 4.85. The van der Waals surface area contributed by atoms with E-state index in [4.69, 9.17) is 5.11 Å². The van der Waals surface area contributed by atoms with Gasteiger partial charge in [-0.2, -0.15) is 30.2 Å². The second-order valence-corrected chi connectivity index (χ2v) is 6.34. The molecule has 1 aliphatic heterocycles. The van der Waals surface area contributed by atoms with Crippen LogP contribution in [0.15, 0.2) is 11.6 Å². The zero-order valence-electron chi connectivity index (χ0n) is 10.7. The molecule has 0 aromatic rings. The van der Waals surface area contributed by atoms with Gasteiger partial charge in [-0.15, -0.1) is 0 Å².